The minimum Gasteiger partial charge on any atom is -0.595 e. The van der Waals surface area contributed by atoms with Gasteiger partial charge in [0.25, 0.3) is 0 Å². The van der Waals surface area contributed by atoms with Gasteiger partial charge in [-0.05, 0) is 19.8 Å². The first kappa shape index (κ1) is 11.7. The second kappa shape index (κ2) is 3.36. The van der Waals surface area contributed by atoms with Crippen molar-refractivity contribution in [1.82, 2.24) is 5.32 Å². The Morgan fingerprint density at radius 3 is 2.44 bits per heavy atom. The molecule has 16 heavy (non-hydrogen) atoms. The van der Waals surface area contributed by atoms with Gasteiger partial charge in [0.15, 0.2) is 0 Å². The molecule has 92 valence electrons. The lowest BCUT2D eigenvalue weighted by molar-refractivity contribution is -0.261. The van der Waals surface area contributed by atoms with E-state index in [2.05, 4.69) is 17.2 Å². The number of nitrogens with zero attached hydrogens (tertiary/aromatic N) is 1. The van der Waals surface area contributed by atoms with Gasteiger partial charge in [-0.25, -0.2) is 0 Å². The summed E-state index contributed by atoms with van der Waals surface area (Å²) in [5.41, 5.74) is -0.501. The summed E-state index contributed by atoms with van der Waals surface area (Å²) in [5.74, 6) is 0. The van der Waals surface area contributed by atoms with Crippen molar-refractivity contribution in [3.63, 3.8) is 0 Å². The maximum atomic E-state index is 11.7. The molecule has 1 atom stereocenters. The molecule has 2 aliphatic rings. The van der Waals surface area contributed by atoms with Gasteiger partial charge in [0, 0.05) is 24.1 Å². The van der Waals surface area contributed by atoms with Gasteiger partial charge < -0.3 is 15.2 Å². The van der Waals surface area contributed by atoms with Crippen molar-refractivity contribution in [1.29, 1.82) is 0 Å². The molecular formula is C12H21N2O2-. The van der Waals surface area contributed by atoms with Crippen LogP contribution in [-0.2, 0) is 4.74 Å². The first-order valence-corrected chi connectivity index (χ1v) is 5.93. The minimum atomic E-state index is -0.459. The average molecular weight is 225 g/mol. The van der Waals surface area contributed by atoms with Crippen LogP contribution >= 0.6 is 0 Å². The van der Waals surface area contributed by atoms with Crippen LogP contribution in [0.4, 0.5) is 0 Å². The number of rotatable bonds is 1. The average Bonchev–Trinajstić information content (AvgIpc) is 2.74. The van der Waals surface area contributed by atoms with E-state index >= 15 is 0 Å². The summed E-state index contributed by atoms with van der Waals surface area (Å²) < 4.78 is 5.25. The Kier molecular flexibility index (Phi) is 2.46. The molecule has 0 amide bonds. The van der Waals surface area contributed by atoms with Crippen LogP contribution in [0.3, 0.4) is 0 Å². The van der Waals surface area contributed by atoms with E-state index in [9.17, 15) is 5.11 Å². The highest BCUT2D eigenvalue weighted by molar-refractivity contribution is 5.63. The standard InChI is InChI=1S/C12H22N2O2/c1-10(2,3)16-9(15)14-11(4)7-13-8-12(11)5-6-12/h13H,5-8H2,1-4H3,(H,14,15)/p-1. The molecule has 0 radical (unpaired) electrons. The van der Waals surface area contributed by atoms with Gasteiger partial charge in [0.1, 0.15) is 6.08 Å². The van der Waals surface area contributed by atoms with Gasteiger partial charge >= 0.3 is 0 Å². The fourth-order valence-corrected chi connectivity index (χ4v) is 2.43. The summed E-state index contributed by atoms with van der Waals surface area (Å²) in [6.45, 7) is 9.42. The second-order valence-electron chi connectivity index (χ2n) is 6.25. The zero-order chi connectivity index (χ0) is 12.0. The molecule has 1 saturated carbocycles. The molecular weight excluding hydrogens is 204 g/mol. The van der Waals surface area contributed by atoms with Crippen LogP contribution in [0.25, 0.3) is 0 Å². The number of aliphatic imine (C=N–C) groups is 1. The normalized spacial score (nSPS) is 33.1. The van der Waals surface area contributed by atoms with E-state index in [1.807, 2.05) is 20.8 Å². The number of ether oxygens (including phenoxy) is 1. The second-order valence-corrected chi connectivity index (χ2v) is 6.25. The predicted molar refractivity (Wildman–Crippen MR) is 61.2 cm³/mol. The Labute approximate surface area is 97.1 Å². The molecule has 1 saturated heterocycles. The molecule has 2 fully saturated rings. The Hall–Kier alpha value is -0.770. The van der Waals surface area contributed by atoms with Crippen molar-refractivity contribution in [3.05, 3.63) is 0 Å². The van der Waals surface area contributed by atoms with Crippen LogP contribution in [-0.4, -0.2) is 30.3 Å². The highest BCUT2D eigenvalue weighted by Crippen LogP contribution is 2.57. The fraction of sp³-hybridized carbons (Fsp3) is 0.917. The summed E-state index contributed by atoms with van der Waals surface area (Å²) in [6.07, 6.45) is 1.91. The summed E-state index contributed by atoms with van der Waals surface area (Å²) in [6, 6.07) is 0. The van der Waals surface area contributed by atoms with E-state index in [0.29, 0.717) is 0 Å². The molecule has 4 nitrogen and oxygen atoms in total. The summed E-state index contributed by atoms with van der Waals surface area (Å²) in [7, 11) is 0. The lowest BCUT2D eigenvalue weighted by Crippen LogP contribution is -2.40. The number of hydrogen-bond acceptors (Lipinski definition) is 4. The van der Waals surface area contributed by atoms with Crippen molar-refractivity contribution >= 4 is 6.08 Å². The molecule has 1 heterocycles. The lowest BCUT2D eigenvalue weighted by atomic mass is 9.87. The first-order valence-electron chi connectivity index (χ1n) is 5.93. The molecule has 0 aromatic heterocycles. The maximum absolute atomic E-state index is 11.7. The van der Waals surface area contributed by atoms with Gasteiger partial charge in [0.05, 0.1) is 5.54 Å². The maximum Gasteiger partial charge on any atom is 0.146 e. The predicted octanol–water partition coefficient (Wildman–Crippen LogP) is 0.660. The molecule has 0 aromatic carbocycles. The summed E-state index contributed by atoms with van der Waals surface area (Å²) in [5, 5.41) is 15.1. The molecule has 1 spiro atoms. The van der Waals surface area contributed by atoms with Crippen LogP contribution in [0.15, 0.2) is 4.99 Å². The Bertz CT molecular complexity index is 315. The van der Waals surface area contributed by atoms with E-state index < -0.39 is 11.7 Å². The van der Waals surface area contributed by atoms with Gasteiger partial charge in [0.2, 0.25) is 0 Å². The highest BCUT2D eigenvalue weighted by atomic mass is 16.6. The number of nitrogens with one attached hydrogen (secondary N) is 1. The van der Waals surface area contributed by atoms with Crippen molar-refractivity contribution < 1.29 is 9.84 Å². The topological polar surface area (TPSA) is 56.7 Å². The van der Waals surface area contributed by atoms with E-state index in [4.69, 9.17) is 4.74 Å². The molecule has 1 aliphatic heterocycles. The van der Waals surface area contributed by atoms with Crippen LogP contribution in [0.1, 0.15) is 40.5 Å². The molecule has 1 N–H and O–H groups in total. The largest absolute Gasteiger partial charge is 0.595 e. The molecule has 0 bridgehead atoms. The van der Waals surface area contributed by atoms with E-state index in [-0.39, 0.29) is 11.0 Å². The van der Waals surface area contributed by atoms with Crippen molar-refractivity contribution in [2.75, 3.05) is 13.1 Å². The highest BCUT2D eigenvalue weighted by Gasteiger charge is 2.59. The van der Waals surface area contributed by atoms with Crippen LogP contribution in [0.5, 0.6) is 0 Å². The molecule has 0 aromatic rings. The molecule has 2 rings (SSSR count). The molecule has 4 heteroatoms. The third kappa shape index (κ3) is 2.03. The van der Waals surface area contributed by atoms with Crippen LogP contribution in [0.2, 0.25) is 0 Å². The third-order valence-electron chi connectivity index (χ3n) is 3.66. The molecule has 1 aliphatic carbocycles. The van der Waals surface area contributed by atoms with Gasteiger partial charge in [-0.2, -0.15) is 0 Å². The zero-order valence-electron chi connectivity index (χ0n) is 10.6. The fourth-order valence-electron chi connectivity index (χ4n) is 2.43. The van der Waals surface area contributed by atoms with Gasteiger partial charge in [-0.3, -0.25) is 4.99 Å². The zero-order valence-corrected chi connectivity index (χ0v) is 10.6. The van der Waals surface area contributed by atoms with Crippen LogP contribution in [0, 0.1) is 5.41 Å². The van der Waals surface area contributed by atoms with E-state index in [0.717, 1.165) is 13.1 Å². The lowest BCUT2D eigenvalue weighted by Gasteiger charge is -2.33. The smallest absolute Gasteiger partial charge is 0.146 e. The van der Waals surface area contributed by atoms with Crippen molar-refractivity contribution in [2.24, 2.45) is 10.4 Å². The Balaban J connectivity index is 2.10. The quantitative estimate of drug-likeness (QED) is 0.527. The van der Waals surface area contributed by atoms with E-state index in [1.165, 1.54) is 12.8 Å². The Morgan fingerprint density at radius 1 is 1.31 bits per heavy atom. The van der Waals surface area contributed by atoms with E-state index in [1.54, 1.807) is 0 Å². The SMILES string of the molecule is CC(C)(C)OC([O-])=NC1(C)CNCC12CC2. The first-order chi connectivity index (χ1) is 7.27. The monoisotopic (exact) mass is 225 g/mol. The summed E-state index contributed by atoms with van der Waals surface area (Å²) >= 11 is 0. The minimum absolute atomic E-state index is 0.226. The van der Waals surface area contributed by atoms with Gasteiger partial charge in [-0.1, -0.05) is 20.8 Å². The number of hydrogen-bond donors (Lipinski definition) is 1. The van der Waals surface area contributed by atoms with Crippen LogP contribution < -0.4 is 10.4 Å². The Morgan fingerprint density at radius 2 is 1.94 bits per heavy atom. The third-order valence-corrected chi connectivity index (χ3v) is 3.66. The molecule has 1 unspecified atom stereocenters. The van der Waals surface area contributed by atoms with Gasteiger partial charge in [-0.15, -0.1) is 0 Å². The summed E-state index contributed by atoms with van der Waals surface area (Å²) in [4.78, 5) is 4.28. The van der Waals surface area contributed by atoms with Crippen molar-refractivity contribution in [3.8, 4) is 0 Å². The van der Waals surface area contributed by atoms with Crippen molar-refractivity contribution in [2.45, 2.75) is 51.7 Å².